The van der Waals surface area contributed by atoms with Crippen molar-refractivity contribution in [2.75, 3.05) is 7.05 Å². The first-order valence-corrected chi connectivity index (χ1v) is 6.03. The minimum absolute atomic E-state index is 0.0135. The lowest BCUT2D eigenvalue weighted by molar-refractivity contribution is -0.149. The number of halogens is 3. The minimum atomic E-state index is -4.45. The van der Waals surface area contributed by atoms with Crippen molar-refractivity contribution >= 4 is 0 Å². The Bertz CT molecular complexity index is 440. The number of likely N-dealkylation sites (N-methyl/N-ethyl adjacent to an activating group) is 1. The predicted molar refractivity (Wildman–Crippen MR) is 60.0 cm³/mol. The molecule has 1 aliphatic heterocycles. The molecule has 3 atom stereocenters. The van der Waals surface area contributed by atoms with Gasteiger partial charge >= 0.3 is 6.18 Å². The second-order valence-electron chi connectivity index (χ2n) is 4.82. The van der Waals surface area contributed by atoms with Gasteiger partial charge in [-0.1, -0.05) is 6.92 Å². The van der Waals surface area contributed by atoms with E-state index in [1.807, 2.05) is 20.9 Å². The van der Waals surface area contributed by atoms with E-state index in [4.69, 9.17) is 0 Å². The Morgan fingerprint density at radius 2 is 1.78 bits per heavy atom. The van der Waals surface area contributed by atoms with Crippen LogP contribution < -0.4 is 0 Å². The first kappa shape index (κ1) is 13.3. The lowest BCUT2D eigenvalue weighted by Gasteiger charge is -2.41. The molecule has 2 rings (SSSR count). The Balaban J connectivity index is 2.58. The maximum atomic E-state index is 12.9. The summed E-state index contributed by atoms with van der Waals surface area (Å²) in [5.74, 6) is -0.471. The molecule has 0 aliphatic carbocycles. The van der Waals surface area contributed by atoms with Crippen molar-refractivity contribution in [1.82, 2.24) is 19.7 Å². The molecule has 0 bridgehead atoms. The Morgan fingerprint density at radius 3 is 2.28 bits per heavy atom. The molecular formula is C11H17F3N4. The van der Waals surface area contributed by atoms with Crippen LogP contribution in [0.4, 0.5) is 13.2 Å². The Labute approximate surface area is 104 Å². The van der Waals surface area contributed by atoms with E-state index in [-0.39, 0.29) is 18.1 Å². The largest absolute Gasteiger partial charge is 0.451 e. The summed E-state index contributed by atoms with van der Waals surface area (Å²) < 4.78 is 40.0. The number of hydrogen-bond acceptors (Lipinski definition) is 3. The molecule has 0 fully saturated rings. The second-order valence-corrected chi connectivity index (χ2v) is 4.82. The highest BCUT2D eigenvalue weighted by Crippen LogP contribution is 2.39. The third kappa shape index (κ3) is 1.81. The van der Waals surface area contributed by atoms with Crippen molar-refractivity contribution in [3.8, 4) is 0 Å². The van der Waals surface area contributed by atoms with Crippen molar-refractivity contribution in [2.24, 2.45) is 0 Å². The van der Waals surface area contributed by atoms with Crippen LogP contribution in [0.15, 0.2) is 0 Å². The fraction of sp³-hybridized carbons (Fsp3) is 0.818. The van der Waals surface area contributed by atoms with Crippen molar-refractivity contribution < 1.29 is 13.2 Å². The molecular weight excluding hydrogens is 245 g/mol. The molecule has 0 saturated carbocycles. The summed E-state index contributed by atoms with van der Waals surface area (Å²) >= 11 is 0. The summed E-state index contributed by atoms with van der Waals surface area (Å²) in [5, 5.41) is 7.11. The average molecular weight is 262 g/mol. The van der Waals surface area contributed by atoms with Gasteiger partial charge in [-0.25, -0.2) is 0 Å². The first-order valence-electron chi connectivity index (χ1n) is 6.03. The molecule has 102 valence electrons. The van der Waals surface area contributed by atoms with E-state index in [1.54, 1.807) is 6.92 Å². The van der Waals surface area contributed by atoms with Gasteiger partial charge in [0.15, 0.2) is 5.82 Å². The fourth-order valence-corrected chi connectivity index (χ4v) is 2.62. The highest BCUT2D eigenvalue weighted by atomic mass is 19.4. The zero-order valence-corrected chi connectivity index (χ0v) is 10.9. The van der Waals surface area contributed by atoms with Crippen LogP contribution in [0.25, 0.3) is 0 Å². The lowest BCUT2D eigenvalue weighted by atomic mass is 10.0. The lowest BCUT2D eigenvalue weighted by Crippen LogP contribution is -2.45. The highest BCUT2D eigenvalue weighted by Gasteiger charge is 2.44. The van der Waals surface area contributed by atoms with Crippen molar-refractivity contribution in [1.29, 1.82) is 0 Å². The van der Waals surface area contributed by atoms with E-state index in [0.717, 1.165) is 0 Å². The van der Waals surface area contributed by atoms with Gasteiger partial charge in [0.1, 0.15) is 0 Å². The normalized spacial score (nSPS) is 29.4. The van der Waals surface area contributed by atoms with Crippen molar-refractivity contribution in [2.45, 2.75) is 51.5 Å². The van der Waals surface area contributed by atoms with Crippen LogP contribution in [-0.2, 0) is 6.18 Å². The van der Waals surface area contributed by atoms with E-state index in [0.29, 0.717) is 12.2 Å². The summed E-state index contributed by atoms with van der Waals surface area (Å²) in [6, 6.07) is -0.390. The third-order valence-electron chi connectivity index (χ3n) is 3.90. The second kappa shape index (κ2) is 4.22. The molecule has 2 heterocycles. The molecule has 4 nitrogen and oxygen atoms in total. The summed E-state index contributed by atoms with van der Waals surface area (Å²) in [4.78, 5) is 2.06. The zero-order valence-electron chi connectivity index (χ0n) is 10.9. The minimum Gasteiger partial charge on any atom is -0.302 e. The number of rotatable bonds is 1. The molecule has 1 aromatic rings. The number of fused-ring (bicyclic) bond motifs is 1. The highest BCUT2D eigenvalue weighted by molar-refractivity contribution is 5.11. The molecule has 1 aromatic heterocycles. The van der Waals surface area contributed by atoms with Crippen LogP contribution in [0.2, 0.25) is 0 Å². The van der Waals surface area contributed by atoms with Gasteiger partial charge in [0.25, 0.3) is 0 Å². The van der Waals surface area contributed by atoms with Crippen LogP contribution >= 0.6 is 0 Å². The smallest absolute Gasteiger partial charge is 0.302 e. The van der Waals surface area contributed by atoms with Gasteiger partial charge in [-0.15, -0.1) is 10.2 Å². The van der Waals surface area contributed by atoms with E-state index in [9.17, 15) is 13.2 Å². The molecule has 0 radical (unpaired) electrons. The van der Waals surface area contributed by atoms with E-state index in [1.165, 1.54) is 4.57 Å². The van der Waals surface area contributed by atoms with Gasteiger partial charge in [0, 0.05) is 12.1 Å². The Morgan fingerprint density at radius 1 is 1.17 bits per heavy atom. The third-order valence-corrected chi connectivity index (χ3v) is 3.90. The maximum absolute atomic E-state index is 12.9. The molecule has 0 amide bonds. The molecule has 18 heavy (non-hydrogen) atoms. The predicted octanol–water partition coefficient (Wildman–Crippen LogP) is 2.64. The van der Waals surface area contributed by atoms with Crippen molar-refractivity contribution in [3.63, 3.8) is 0 Å². The Kier molecular flexibility index (Phi) is 3.12. The quantitative estimate of drug-likeness (QED) is 0.780. The van der Waals surface area contributed by atoms with Crippen LogP contribution in [0.1, 0.15) is 50.9 Å². The monoisotopic (exact) mass is 262 g/mol. The number of nitrogens with zero attached hydrogens (tertiary/aromatic N) is 4. The van der Waals surface area contributed by atoms with Gasteiger partial charge in [0.2, 0.25) is 5.82 Å². The summed E-state index contributed by atoms with van der Waals surface area (Å²) in [5.41, 5.74) is 0. The average Bonchev–Trinajstić information content (AvgIpc) is 2.71. The summed E-state index contributed by atoms with van der Waals surface area (Å²) in [6.45, 7) is 5.64. The first-order chi connectivity index (χ1) is 8.29. The van der Waals surface area contributed by atoms with Gasteiger partial charge < -0.3 is 4.57 Å². The number of alkyl halides is 3. The molecule has 0 N–H and O–H groups in total. The fourth-order valence-electron chi connectivity index (χ4n) is 2.62. The molecule has 1 aliphatic rings. The summed E-state index contributed by atoms with van der Waals surface area (Å²) in [7, 11) is 1.92. The van der Waals surface area contributed by atoms with Crippen LogP contribution in [-0.4, -0.2) is 32.8 Å². The Hall–Kier alpha value is -1.11. The van der Waals surface area contributed by atoms with Crippen LogP contribution in [0, 0.1) is 0 Å². The van der Waals surface area contributed by atoms with Gasteiger partial charge in [-0.05, 0) is 27.3 Å². The van der Waals surface area contributed by atoms with E-state index < -0.39 is 12.0 Å². The van der Waals surface area contributed by atoms with Gasteiger partial charge in [-0.2, -0.15) is 13.2 Å². The standard InChI is InChI=1S/C11H17F3N4/c1-5-8-9-15-16-10(11(12,13)14)18(9)7(3)6(2)17(8)4/h6-8H,5H2,1-4H3. The SMILES string of the molecule is CCC1c2nnc(C(F)(F)F)n2C(C)C(C)N1C. The van der Waals surface area contributed by atoms with Gasteiger partial charge in [0.05, 0.1) is 6.04 Å². The topological polar surface area (TPSA) is 34.0 Å². The van der Waals surface area contributed by atoms with Crippen molar-refractivity contribution in [3.05, 3.63) is 11.6 Å². The van der Waals surface area contributed by atoms with Gasteiger partial charge in [-0.3, -0.25) is 4.90 Å². The van der Waals surface area contributed by atoms with E-state index in [2.05, 4.69) is 15.1 Å². The molecule has 7 heteroatoms. The van der Waals surface area contributed by atoms with Crippen LogP contribution in [0.5, 0.6) is 0 Å². The molecule has 3 unspecified atom stereocenters. The number of hydrogen-bond donors (Lipinski definition) is 0. The molecule has 0 spiro atoms. The molecule has 0 saturated heterocycles. The van der Waals surface area contributed by atoms with Crippen LogP contribution in [0.3, 0.4) is 0 Å². The van der Waals surface area contributed by atoms with E-state index >= 15 is 0 Å². The number of aromatic nitrogens is 3. The summed E-state index contributed by atoms with van der Waals surface area (Å²) in [6.07, 6.45) is -3.74. The zero-order chi connectivity index (χ0) is 13.7. The molecule has 0 aromatic carbocycles. The maximum Gasteiger partial charge on any atom is 0.451 e.